The van der Waals surface area contributed by atoms with Crippen LogP contribution in [0.25, 0.3) is 0 Å². The highest BCUT2D eigenvalue weighted by molar-refractivity contribution is 7.89. The van der Waals surface area contributed by atoms with E-state index in [1.54, 1.807) is 18.2 Å². The van der Waals surface area contributed by atoms with Crippen molar-refractivity contribution in [2.45, 2.75) is 57.4 Å². The standard InChI is InChI=1S/C15H24N2O2S/c1-4-11-5-6-13(9-14(11)16)20(18,19)17-12-7-8-15(2,3)10-12/h5-6,9,12,17H,4,7-8,10,16H2,1-3H3. The van der Waals surface area contributed by atoms with E-state index in [1.807, 2.05) is 6.92 Å². The molecule has 0 radical (unpaired) electrons. The number of sulfonamides is 1. The normalized spacial score (nSPS) is 22.1. The number of nitrogens with one attached hydrogen (secondary N) is 1. The molecule has 0 aliphatic heterocycles. The molecule has 1 aliphatic rings. The fraction of sp³-hybridized carbons (Fsp3) is 0.600. The van der Waals surface area contributed by atoms with Crippen LogP contribution in [-0.4, -0.2) is 14.5 Å². The lowest BCUT2D eigenvalue weighted by Gasteiger charge is -2.18. The molecule has 3 N–H and O–H groups in total. The van der Waals surface area contributed by atoms with Crippen molar-refractivity contribution in [1.82, 2.24) is 4.72 Å². The lowest BCUT2D eigenvalue weighted by molar-refractivity contribution is 0.372. The van der Waals surface area contributed by atoms with Gasteiger partial charge in [-0.15, -0.1) is 0 Å². The second kappa shape index (κ2) is 5.37. The monoisotopic (exact) mass is 296 g/mol. The molecule has 1 fully saturated rings. The number of nitrogens with two attached hydrogens (primary N) is 1. The number of hydrogen-bond acceptors (Lipinski definition) is 3. The van der Waals surface area contributed by atoms with Crippen LogP contribution in [0.3, 0.4) is 0 Å². The van der Waals surface area contributed by atoms with Crippen LogP contribution in [0.5, 0.6) is 0 Å². The molecule has 0 aromatic heterocycles. The topological polar surface area (TPSA) is 72.2 Å². The zero-order valence-corrected chi connectivity index (χ0v) is 13.3. The quantitative estimate of drug-likeness (QED) is 0.839. The molecule has 20 heavy (non-hydrogen) atoms. The third kappa shape index (κ3) is 3.33. The van der Waals surface area contributed by atoms with E-state index in [9.17, 15) is 8.42 Å². The van der Waals surface area contributed by atoms with Gasteiger partial charge in [0.2, 0.25) is 10.0 Å². The van der Waals surface area contributed by atoms with Gasteiger partial charge in [-0.25, -0.2) is 13.1 Å². The zero-order valence-electron chi connectivity index (χ0n) is 12.4. The maximum absolute atomic E-state index is 12.4. The Hall–Kier alpha value is -1.07. The van der Waals surface area contributed by atoms with Gasteiger partial charge in [0.15, 0.2) is 0 Å². The maximum Gasteiger partial charge on any atom is 0.240 e. The molecule has 1 saturated carbocycles. The lowest BCUT2D eigenvalue weighted by atomic mass is 9.92. The third-order valence-corrected chi connectivity index (χ3v) is 5.62. The van der Waals surface area contributed by atoms with E-state index in [1.165, 1.54) is 0 Å². The number of hydrogen-bond donors (Lipinski definition) is 2. The van der Waals surface area contributed by atoms with Crippen molar-refractivity contribution in [1.29, 1.82) is 0 Å². The fourth-order valence-electron chi connectivity index (χ4n) is 2.89. The molecule has 0 amide bonds. The molecular formula is C15H24N2O2S. The van der Waals surface area contributed by atoms with Gasteiger partial charge < -0.3 is 5.73 Å². The Morgan fingerprint density at radius 1 is 1.40 bits per heavy atom. The molecule has 0 saturated heterocycles. The summed E-state index contributed by atoms with van der Waals surface area (Å²) in [5.41, 5.74) is 7.63. The molecule has 1 aliphatic carbocycles. The average Bonchev–Trinajstić information content (AvgIpc) is 2.67. The highest BCUT2D eigenvalue weighted by Gasteiger charge is 2.33. The summed E-state index contributed by atoms with van der Waals surface area (Å²) >= 11 is 0. The van der Waals surface area contributed by atoms with E-state index >= 15 is 0 Å². The molecule has 1 atom stereocenters. The molecule has 1 aromatic rings. The van der Waals surface area contributed by atoms with Crippen molar-refractivity contribution in [3.8, 4) is 0 Å². The van der Waals surface area contributed by atoms with Gasteiger partial charge in [0, 0.05) is 11.7 Å². The minimum Gasteiger partial charge on any atom is -0.398 e. The largest absolute Gasteiger partial charge is 0.398 e. The average molecular weight is 296 g/mol. The first kappa shape index (κ1) is 15.3. The summed E-state index contributed by atoms with van der Waals surface area (Å²) in [6.45, 7) is 6.35. The molecular weight excluding hydrogens is 272 g/mol. The van der Waals surface area contributed by atoms with Gasteiger partial charge >= 0.3 is 0 Å². The summed E-state index contributed by atoms with van der Waals surface area (Å²) in [6, 6.07) is 5.02. The van der Waals surface area contributed by atoms with Gasteiger partial charge in [0.05, 0.1) is 4.90 Å². The minimum absolute atomic E-state index is 0.0297. The maximum atomic E-state index is 12.4. The van der Waals surface area contributed by atoms with Crippen LogP contribution in [0, 0.1) is 5.41 Å². The van der Waals surface area contributed by atoms with Crippen LogP contribution in [0.2, 0.25) is 0 Å². The third-order valence-electron chi connectivity index (χ3n) is 4.10. The second-order valence-electron chi connectivity index (χ2n) is 6.44. The molecule has 4 nitrogen and oxygen atoms in total. The van der Waals surface area contributed by atoms with Crippen molar-refractivity contribution in [2.75, 3.05) is 5.73 Å². The first-order chi connectivity index (χ1) is 9.23. The molecule has 5 heteroatoms. The van der Waals surface area contributed by atoms with Crippen molar-refractivity contribution in [3.63, 3.8) is 0 Å². The van der Waals surface area contributed by atoms with E-state index in [-0.39, 0.29) is 16.4 Å². The van der Waals surface area contributed by atoms with E-state index in [4.69, 9.17) is 5.73 Å². The molecule has 0 spiro atoms. The Kier molecular flexibility index (Phi) is 4.12. The van der Waals surface area contributed by atoms with Gasteiger partial charge in [-0.1, -0.05) is 26.8 Å². The summed E-state index contributed by atoms with van der Waals surface area (Å²) in [4.78, 5) is 0.261. The Morgan fingerprint density at radius 2 is 2.10 bits per heavy atom. The molecule has 0 bridgehead atoms. The van der Waals surface area contributed by atoms with E-state index in [2.05, 4.69) is 18.6 Å². The Balaban J connectivity index is 2.17. The SMILES string of the molecule is CCc1ccc(S(=O)(=O)NC2CCC(C)(C)C2)cc1N. The summed E-state index contributed by atoms with van der Waals surface area (Å²) < 4.78 is 27.6. The molecule has 0 heterocycles. The summed E-state index contributed by atoms with van der Waals surface area (Å²) in [7, 11) is -3.47. The second-order valence-corrected chi connectivity index (χ2v) is 8.15. The molecule has 1 unspecified atom stereocenters. The van der Waals surface area contributed by atoms with Crippen molar-refractivity contribution < 1.29 is 8.42 Å². The molecule has 2 rings (SSSR count). The predicted octanol–water partition coefficient (Wildman–Crippen LogP) is 2.69. The number of rotatable bonds is 4. The fourth-order valence-corrected chi connectivity index (χ4v) is 4.19. The van der Waals surface area contributed by atoms with Crippen molar-refractivity contribution in [3.05, 3.63) is 23.8 Å². The van der Waals surface area contributed by atoms with Crippen molar-refractivity contribution >= 4 is 15.7 Å². The van der Waals surface area contributed by atoms with Crippen LogP contribution in [-0.2, 0) is 16.4 Å². The Labute approximate surface area is 121 Å². The van der Waals surface area contributed by atoms with Crippen LogP contribution in [0.1, 0.15) is 45.6 Å². The summed E-state index contributed by atoms with van der Waals surface area (Å²) in [5.74, 6) is 0. The van der Waals surface area contributed by atoms with Gasteiger partial charge in [-0.05, 0) is 48.8 Å². The van der Waals surface area contributed by atoms with Crippen molar-refractivity contribution in [2.24, 2.45) is 5.41 Å². The predicted molar refractivity (Wildman–Crippen MR) is 82.0 cm³/mol. The van der Waals surface area contributed by atoms with Crippen LogP contribution in [0.4, 0.5) is 5.69 Å². The highest BCUT2D eigenvalue weighted by Crippen LogP contribution is 2.37. The highest BCUT2D eigenvalue weighted by atomic mass is 32.2. The number of nitrogen functional groups attached to an aromatic ring is 1. The van der Waals surface area contributed by atoms with E-state index in [0.717, 1.165) is 31.2 Å². The summed E-state index contributed by atoms with van der Waals surface area (Å²) in [5, 5.41) is 0. The molecule has 1 aromatic carbocycles. The number of aryl methyl sites for hydroxylation is 1. The van der Waals surface area contributed by atoms with Gasteiger partial charge in [0.25, 0.3) is 0 Å². The van der Waals surface area contributed by atoms with Gasteiger partial charge in [-0.3, -0.25) is 0 Å². The first-order valence-corrected chi connectivity index (χ1v) is 8.62. The Morgan fingerprint density at radius 3 is 2.60 bits per heavy atom. The van der Waals surface area contributed by atoms with Gasteiger partial charge in [-0.2, -0.15) is 0 Å². The molecule has 112 valence electrons. The zero-order chi connectivity index (χ0) is 15.0. The number of benzene rings is 1. The van der Waals surface area contributed by atoms with Crippen LogP contribution < -0.4 is 10.5 Å². The van der Waals surface area contributed by atoms with E-state index < -0.39 is 10.0 Å². The number of anilines is 1. The minimum atomic E-state index is -3.47. The smallest absolute Gasteiger partial charge is 0.240 e. The summed E-state index contributed by atoms with van der Waals surface area (Å²) in [6.07, 6.45) is 3.64. The van der Waals surface area contributed by atoms with E-state index in [0.29, 0.717) is 5.69 Å². The first-order valence-electron chi connectivity index (χ1n) is 7.14. The van der Waals surface area contributed by atoms with Gasteiger partial charge in [0.1, 0.15) is 0 Å². The van der Waals surface area contributed by atoms with Crippen LogP contribution >= 0.6 is 0 Å². The Bertz CT molecular complexity index is 594. The lowest BCUT2D eigenvalue weighted by Crippen LogP contribution is -2.33. The van der Waals surface area contributed by atoms with Crippen LogP contribution in [0.15, 0.2) is 23.1 Å².